The molecule has 4 N–H and O–H groups in total. The molecule has 3 atom stereocenters. The van der Waals surface area contributed by atoms with Gasteiger partial charge in [-0.25, -0.2) is 0 Å². The van der Waals surface area contributed by atoms with Crippen LogP contribution in [0, 0.1) is 0 Å². The third kappa shape index (κ3) is 47.9. The summed E-state index contributed by atoms with van der Waals surface area (Å²) in [7, 11) is 0. The van der Waals surface area contributed by atoms with E-state index in [4.69, 9.17) is 0 Å². The molecular weight excluding hydrogens is 751 g/mol. The fraction of sp³-hybridized carbons (Fsp3) is 0.875. The normalized spacial score (nSPS) is 13.6. The zero-order chi connectivity index (χ0) is 44.4. The van der Waals surface area contributed by atoms with E-state index < -0.39 is 18.2 Å². The number of hydrogen-bond acceptors (Lipinski definition) is 4. The number of hydrogen-bond donors (Lipinski definition) is 4. The highest BCUT2D eigenvalue weighted by Crippen LogP contribution is 2.17. The summed E-state index contributed by atoms with van der Waals surface area (Å²) in [6, 6.07) is -0.750. The second kappa shape index (κ2) is 51.2. The van der Waals surface area contributed by atoms with Crippen LogP contribution in [0.4, 0.5) is 0 Å². The molecule has 5 nitrogen and oxygen atoms in total. The first-order chi connectivity index (χ1) is 30.0. The maximum atomic E-state index is 12.5. The van der Waals surface area contributed by atoms with Crippen molar-refractivity contribution >= 4 is 5.91 Å². The molecule has 3 unspecified atom stereocenters. The zero-order valence-corrected chi connectivity index (χ0v) is 41.1. The van der Waals surface area contributed by atoms with Gasteiger partial charge in [-0.2, -0.15) is 0 Å². The van der Waals surface area contributed by atoms with Crippen molar-refractivity contribution in [1.82, 2.24) is 5.32 Å². The number of nitrogens with one attached hydrogen (secondary N) is 1. The Morgan fingerprint density at radius 3 is 1.08 bits per heavy atom. The van der Waals surface area contributed by atoms with Crippen LogP contribution in [0.1, 0.15) is 290 Å². The molecule has 0 bridgehead atoms. The molecule has 0 aromatic rings. The molecule has 0 heterocycles. The number of carbonyl (C=O) groups excluding carboxylic acids is 1. The Bertz CT molecular complexity index is 947. The van der Waals surface area contributed by atoms with E-state index in [9.17, 15) is 20.1 Å². The molecular formula is C56H107NO4. The van der Waals surface area contributed by atoms with Crippen molar-refractivity contribution in [2.45, 2.75) is 308 Å². The van der Waals surface area contributed by atoms with Gasteiger partial charge in [-0.05, 0) is 51.4 Å². The van der Waals surface area contributed by atoms with Gasteiger partial charge in [-0.1, -0.05) is 269 Å². The van der Waals surface area contributed by atoms with Gasteiger partial charge in [-0.3, -0.25) is 4.79 Å². The van der Waals surface area contributed by atoms with Crippen molar-refractivity contribution in [3.63, 3.8) is 0 Å². The van der Waals surface area contributed by atoms with Crippen LogP contribution in [0.2, 0.25) is 0 Å². The molecule has 61 heavy (non-hydrogen) atoms. The third-order valence-electron chi connectivity index (χ3n) is 12.7. The molecule has 0 aromatic heterocycles. The highest BCUT2D eigenvalue weighted by molar-refractivity contribution is 5.76. The number of aliphatic hydroxyl groups is 3. The Balaban J connectivity index is 3.61. The lowest BCUT2D eigenvalue weighted by molar-refractivity contribution is -0.124. The highest BCUT2D eigenvalue weighted by atomic mass is 16.3. The topological polar surface area (TPSA) is 89.8 Å². The Kier molecular flexibility index (Phi) is 50.0. The van der Waals surface area contributed by atoms with Gasteiger partial charge in [0.1, 0.15) is 0 Å². The second-order valence-electron chi connectivity index (χ2n) is 18.8. The highest BCUT2D eigenvalue weighted by Gasteiger charge is 2.20. The first-order valence-corrected chi connectivity index (χ1v) is 27.3. The van der Waals surface area contributed by atoms with E-state index in [2.05, 4.69) is 43.5 Å². The minimum absolute atomic E-state index is 0.00484. The van der Waals surface area contributed by atoms with Gasteiger partial charge in [0.05, 0.1) is 31.3 Å². The molecule has 1 amide bonds. The molecule has 0 aliphatic heterocycles. The fourth-order valence-electron chi connectivity index (χ4n) is 8.49. The molecule has 0 aliphatic rings. The average molecular weight is 858 g/mol. The Hall–Kier alpha value is -1.43. The summed E-state index contributed by atoms with van der Waals surface area (Å²) in [5.74, 6) is -0.320. The van der Waals surface area contributed by atoms with E-state index >= 15 is 0 Å². The van der Waals surface area contributed by atoms with E-state index in [1.807, 2.05) is 6.08 Å². The van der Waals surface area contributed by atoms with Crippen LogP contribution in [0.25, 0.3) is 0 Å². The minimum Gasteiger partial charge on any atom is -0.394 e. The Labute approximate surface area is 381 Å². The zero-order valence-electron chi connectivity index (χ0n) is 41.1. The second-order valence-corrected chi connectivity index (χ2v) is 18.8. The summed E-state index contributed by atoms with van der Waals surface area (Å²) in [6.45, 7) is 4.24. The van der Waals surface area contributed by atoms with E-state index in [1.165, 1.54) is 218 Å². The lowest BCUT2D eigenvalue weighted by atomic mass is 10.0. The predicted octanol–water partition coefficient (Wildman–Crippen LogP) is 16.7. The van der Waals surface area contributed by atoms with Gasteiger partial charge >= 0.3 is 0 Å². The smallest absolute Gasteiger partial charge is 0.222 e. The summed E-state index contributed by atoms with van der Waals surface area (Å²) in [6.07, 6.45) is 66.1. The van der Waals surface area contributed by atoms with Gasteiger partial charge in [0, 0.05) is 0 Å². The number of aliphatic hydroxyl groups excluding tert-OH is 3. The lowest BCUT2D eigenvalue weighted by Gasteiger charge is -2.21. The van der Waals surface area contributed by atoms with Crippen molar-refractivity contribution in [2.24, 2.45) is 0 Å². The molecule has 5 heteroatoms. The van der Waals surface area contributed by atoms with Crippen molar-refractivity contribution in [2.75, 3.05) is 6.61 Å². The predicted molar refractivity (Wildman–Crippen MR) is 268 cm³/mol. The summed E-state index contributed by atoms with van der Waals surface area (Å²) >= 11 is 0. The van der Waals surface area contributed by atoms with Gasteiger partial charge in [0.25, 0.3) is 0 Å². The first-order valence-electron chi connectivity index (χ1n) is 27.3. The van der Waals surface area contributed by atoms with Crippen molar-refractivity contribution in [3.8, 4) is 0 Å². The largest absolute Gasteiger partial charge is 0.394 e. The Morgan fingerprint density at radius 2 is 0.738 bits per heavy atom. The summed E-state index contributed by atoms with van der Waals surface area (Å²) in [5.41, 5.74) is 0. The van der Waals surface area contributed by atoms with Crippen molar-refractivity contribution < 1.29 is 20.1 Å². The molecule has 0 spiro atoms. The van der Waals surface area contributed by atoms with Crippen LogP contribution < -0.4 is 5.32 Å². The van der Waals surface area contributed by atoms with Gasteiger partial charge < -0.3 is 20.6 Å². The van der Waals surface area contributed by atoms with Gasteiger partial charge in [-0.15, -0.1) is 0 Å². The molecule has 0 aliphatic carbocycles. The van der Waals surface area contributed by atoms with Crippen LogP contribution in [0.5, 0.6) is 0 Å². The number of allylic oxidation sites excluding steroid dienone is 5. The molecule has 0 fully saturated rings. The fourth-order valence-corrected chi connectivity index (χ4v) is 8.49. The molecule has 360 valence electrons. The van der Waals surface area contributed by atoms with Crippen LogP contribution >= 0.6 is 0 Å². The maximum Gasteiger partial charge on any atom is 0.222 e. The van der Waals surface area contributed by atoms with Crippen LogP contribution in [0.15, 0.2) is 36.5 Å². The number of amides is 1. The third-order valence-corrected chi connectivity index (χ3v) is 12.7. The summed E-state index contributed by atoms with van der Waals surface area (Å²) in [5, 5.41) is 33.4. The summed E-state index contributed by atoms with van der Waals surface area (Å²) < 4.78 is 0. The van der Waals surface area contributed by atoms with E-state index in [0.717, 1.165) is 44.9 Å². The average Bonchev–Trinajstić information content (AvgIpc) is 3.25. The lowest BCUT2D eigenvalue weighted by Crippen LogP contribution is -2.45. The first kappa shape index (κ1) is 59.6. The number of rotatable bonds is 50. The van der Waals surface area contributed by atoms with E-state index in [0.29, 0.717) is 6.42 Å². The summed E-state index contributed by atoms with van der Waals surface area (Å²) in [4.78, 5) is 12.5. The number of unbranched alkanes of at least 4 members (excludes halogenated alkanes) is 37. The van der Waals surface area contributed by atoms with Crippen molar-refractivity contribution in [1.29, 1.82) is 0 Å². The van der Waals surface area contributed by atoms with E-state index in [1.54, 1.807) is 6.08 Å². The maximum absolute atomic E-state index is 12.5. The molecule has 0 rings (SSSR count). The van der Waals surface area contributed by atoms with Gasteiger partial charge in [0.15, 0.2) is 0 Å². The van der Waals surface area contributed by atoms with Crippen LogP contribution in [-0.4, -0.2) is 46.1 Å². The molecule has 0 aromatic carbocycles. The molecule has 0 saturated heterocycles. The van der Waals surface area contributed by atoms with E-state index in [-0.39, 0.29) is 18.9 Å². The minimum atomic E-state index is -0.934. The standard InChI is InChI=1S/C56H107NO4/c1-3-5-7-9-11-13-15-17-19-21-23-25-26-27-28-30-32-34-36-38-40-42-44-46-48-50-55(60)54(52-58)57-56(61)51-53(59)49-47-45-43-41-39-37-35-33-31-29-24-22-20-18-16-14-12-10-8-6-4-2/h24,29,33,35,48,50,53-55,58-60H,3-23,25-28,30-32,34,36-47,49,51-52H2,1-2H3,(H,57,61)/b29-24-,35-33-,50-48+. The van der Waals surface area contributed by atoms with Crippen LogP contribution in [-0.2, 0) is 4.79 Å². The molecule has 0 radical (unpaired) electrons. The monoisotopic (exact) mass is 858 g/mol. The van der Waals surface area contributed by atoms with Gasteiger partial charge in [0.2, 0.25) is 5.91 Å². The quantitative estimate of drug-likeness (QED) is 0.0362. The Morgan fingerprint density at radius 1 is 0.426 bits per heavy atom. The van der Waals surface area contributed by atoms with Crippen LogP contribution in [0.3, 0.4) is 0 Å². The SMILES string of the molecule is CCCCCCCCCCC/C=C\C/C=C\CCCCCCCC(O)CC(=O)NC(CO)C(O)/C=C/CCCCCCCCCCCCCCCCCCCCCCCCC. The molecule has 0 saturated carbocycles. The van der Waals surface area contributed by atoms with Crippen molar-refractivity contribution in [3.05, 3.63) is 36.5 Å². The number of carbonyl (C=O) groups is 1.